The topological polar surface area (TPSA) is 30.2 Å². The third-order valence-corrected chi connectivity index (χ3v) is 2.41. The molecule has 0 radical (unpaired) electrons. The lowest BCUT2D eigenvalue weighted by Crippen LogP contribution is -1.87. The number of Topliss-reactive ketones (excluding diaryl/α,β-unsaturated/α-hetero) is 1. The Labute approximate surface area is 83.7 Å². The standard InChI is InChI=1S/C10H7BrO2/c1-6(12)9-5-13-10-4-7(11)2-3-8(9)10/h2-5H,1H3. The molecule has 0 unspecified atom stereocenters. The summed E-state index contributed by atoms with van der Waals surface area (Å²) in [6.45, 7) is 1.53. The van der Waals surface area contributed by atoms with Crippen LogP contribution < -0.4 is 0 Å². The molecule has 3 heteroatoms. The molecule has 0 spiro atoms. The van der Waals surface area contributed by atoms with Gasteiger partial charge in [-0.15, -0.1) is 0 Å². The predicted molar refractivity (Wildman–Crippen MR) is 53.9 cm³/mol. The van der Waals surface area contributed by atoms with E-state index in [-0.39, 0.29) is 5.78 Å². The van der Waals surface area contributed by atoms with E-state index >= 15 is 0 Å². The van der Waals surface area contributed by atoms with Crippen molar-refractivity contribution in [3.05, 3.63) is 34.5 Å². The molecule has 13 heavy (non-hydrogen) atoms. The van der Waals surface area contributed by atoms with Crippen molar-refractivity contribution in [3.8, 4) is 0 Å². The molecular formula is C10H7BrO2. The Kier molecular flexibility index (Phi) is 1.96. The molecule has 66 valence electrons. The molecule has 0 N–H and O–H groups in total. The highest BCUT2D eigenvalue weighted by molar-refractivity contribution is 9.10. The molecule has 0 aliphatic rings. The van der Waals surface area contributed by atoms with Gasteiger partial charge in [0.1, 0.15) is 11.8 Å². The number of rotatable bonds is 1. The van der Waals surface area contributed by atoms with Crippen molar-refractivity contribution in [2.24, 2.45) is 0 Å². The number of carbonyl (C=O) groups excluding carboxylic acids is 1. The van der Waals surface area contributed by atoms with Gasteiger partial charge in [-0.1, -0.05) is 15.9 Å². The number of hydrogen-bond acceptors (Lipinski definition) is 2. The van der Waals surface area contributed by atoms with Crippen LogP contribution in [-0.2, 0) is 0 Å². The third-order valence-electron chi connectivity index (χ3n) is 1.92. The Hall–Kier alpha value is -1.09. The lowest BCUT2D eigenvalue weighted by atomic mass is 10.1. The number of ketones is 1. The van der Waals surface area contributed by atoms with Gasteiger partial charge in [-0.3, -0.25) is 4.79 Å². The van der Waals surface area contributed by atoms with Crippen LogP contribution in [0.2, 0.25) is 0 Å². The van der Waals surface area contributed by atoms with Crippen molar-refractivity contribution in [3.63, 3.8) is 0 Å². The Morgan fingerprint density at radius 3 is 2.92 bits per heavy atom. The Morgan fingerprint density at radius 1 is 1.46 bits per heavy atom. The highest BCUT2D eigenvalue weighted by Crippen LogP contribution is 2.24. The molecular weight excluding hydrogens is 232 g/mol. The molecule has 1 aromatic heterocycles. The van der Waals surface area contributed by atoms with Gasteiger partial charge in [0.25, 0.3) is 0 Å². The van der Waals surface area contributed by atoms with Crippen LogP contribution in [0.5, 0.6) is 0 Å². The predicted octanol–water partition coefficient (Wildman–Crippen LogP) is 3.40. The van der Waals surface area contributed by atoms with Crippen LogP contribution in [0, 0.1) is 0 Å². The van der Waals surface area contributed by atoms with Crippen LogP contribution in [0.1, 0.15) is 17.3 Å². The van der Waals surface area contributed by atoms with Gasteiger partial charge >= 0.3 is 0 Å². The minimum Gasteiger partial charge on any atom is -0.464 e. The summed E-state index contributed by atoms with van der Waals surface area (Å²) in [4.78, 5) is 11.1. The quantitative estimate of drug-likeness (QED) is 0.714. The maximum atomic E-state index is 11.1. The van der Waals surface area contributed by atoms with Crippen LogP contribution in [0.15, 0.2) is 33.4 Å². The molecule has 0 aliphatic carbocycles. The summed E-state index contributed by atoms with van der Waals surface area (Å²) >= 11 is 3.33. The molecule has 0 atom stereocenters. The van der Waals surface area contributed by atoms with Crippen molar-refractivity contribution >= 4 is 32.7 Å². The summed E-state index contributed by atoms with van der Waals surface area (Å²) in [5, 5.41) is 0.871. The third kappa shape index (κ3) is 1.40. The molecule has 2 aromatic rings. The first-order chi connectivity index (χ1) is 6.18. The normalized spacial score (nSPS) is 10.6. The minimum absolute atomic E-state index is 0.0288. The van der Waals surface area contributed by atoms with E-state index in [1.165, 1.54) is 13.2 Å². The number of halogens is 1. The zero-order valence-electron chi connectivity index (χ0n) is 7.00. The zero-order chi connectivity index (χ0) is 9.42. The van der Waals surface area contributed by atoms with E-state index in [2.05, 4.69) is 15.9 Å². The van der Waals surface area contributed by atoms with Crippen LogP contribution in [-0.4, -0.2) is 5.78 Å². The molecule has 0 saturated heterocycles. The van der Waals surface area contributed by atoms with Gasteiger partial charge in [-0.05, 0) is 25.1 Å². The maximum absolute atomic E-state index is 11.1. The molecule has 0 bridgehead atoms. The second-order valence-electron chi connectivity index (χ2n) is 2.85. The monoisotopic (exact) mass is 238 g/mol. The van der Waals surface area contributed by atoms with E-state index in [4.69, 9.17) is 4.42 Å². The maximum Gasteiger partial charge on any atom is 0.163 e. The number of benzene rings is 1. The molecule has 0 amide bonds. The summed E-state index contributed by atoms with van der Waals surface area (Å²) in [6.07, 6.45) is 1.50. The van der Waals surface area contributed by atoms with Gasteiger partial charge < -0.3 is 4.42 Å². The van der Waals surface area contributed by atoms with Crippen molar-refractivity contribution in [1.29, 1.82) is 0 Å². The summed E-state index contributed by atoms with van der Waals surface area (Å²) in [7, 11) is 0. The summed E-state index contributed by atoms with van der Waals surface area (Å²) in [6, 6.07) is 5.62. The first kappa shape index (κ1) is 8.51. The van der Waals surface area contributed by atoms with Crippen molar-refractivity contribution in [2.75, 3.05) is 0 Å². The van der Waals surface area contributed by atoms with Gasteiger partial charge in [0.05, 0.1) is 5.56 Å². The lowest BCUT2D eigenvalue weighted by Gasteiger charge is -1.91. The van der Waals surface area contributed by atoms with Gasteiger partial charge in [0, 0.05) is 9.86 Å². The molecule has 2 rings (SSSR count). The highest BCUT2D eigenvalue weighted by Gasteiger charge is 2.09. The SMILES string of the molecule is CC(=O)c1coc2cc(Br)ccc12. The molecule has 0 aliphatic heterocycles. The highest BCUT2D eigenvalue weighted by atomic mass is 79.9. The van der Waals surface area contributed by atoms with E-state index in [1.54, 1.807) is 0 Å². The van der Waals surface area contributed by atoms with E-state index in [0.29, 0.717) is 5.56 Å². The summed E-state index contributed by atoms with van der Waals surface area (Å²) in [5.74, 6) is 0.0288. The molecule has 0 saturated carbocycles. The summed E-state index contributed by atoms with van der Waals surface area (Å²) < 4.78 is 6.19. The van der Waals surface area contributed by atoms with E-state index in [0.717, 1.165) is 15.4 Å². The molecule has 0 fully saturated rings. The second-order valence-corrected chi connectivity index (χ2v) is 3.76. The van der Waals surface area contributed by atoms with E-state index in [9.17, 15) is 4.79 Å². The smallest absolute Gasteiger partial charge is 0.163 e. The number of hydrogen-bond donors (Lipinski definition) is 0. The molecule has 1 aromatic carbocycles. The van der Waals surface area contributed by atoms with E-state index < -0.39 is 0 Å². The van der Waals surface area contributed by atoms with Gasteiger partial charge in [0.15, 0.2) is 5.78 Å². The Bertz CT molecular complexity index is 471. The number of carbonyl (C=O) groups is 1. The molecule has 1 heterocycles. The van der Waals surface area contributed by atoms with Crippen LogP contribution >= 0.6 is 15.9 Å². The fourth-order valence-electron chi connectivity index (χ4n) is 1.27. The number of furan rings is 1. The minimum atomic E-state index is 0.0288. The molecule has 2 nitrogen and oxygen atoms in total. The Morgan fingerprint density at radius 2 is 2.23 bits per heavy atom. The van der Waals surface area contributed by atoms with Gasteiger partial charge in [-0.2, -0.15) is 0 Å². The van der Waals surface area contributed by atoms with Crippen LogP contribution in [0.4, 0.5) is 0 Å². The second kappa shape index (κ2) is 3.00. The zero-order valence-corrected chi connectivity index (χ0v) is 8.59. The van der Waals surface area contributed by atoms with Gasteiger partial charge in [-0.25, -0.2) is 0 Å². The fraction of sp³-hybridized carbons (Fsp3) is 0.100. The Balaban J connectivity index is 2.76. The lowest BCUT2D eigenvalue weighted by molar-refractivity contribution is 0.101. The summed E-state index contributed by atoms with van der Waals surface area (Å²) in [5.41, 5.74) is 1.38. The first-order valence-electron chi connectivity index (χ1n) is 3.86. The largest absolute Gasteiger partial charge is 0.464 e. The van der Waals surface area contributed by atoms with Crippen molar-refractivity contribution < 1.29 is 9.21 Å². The van der Waals surface area contributed by atoms with Crippen LogP contribution in [0.25, 0.3) is 11.0 Å². The number of fused-ring (bicyclic) bond motifs is 1. The fourth-order valence-corrected chi connectivity index (χ4v) is 1.61. The average Bonchev–Trinajstić information content (AvgIpc) is 2.46. The van der Waals surface area contributed by atoms with Crippen molar-refractivity contribution in [2.45, 2.75) is 6.92 Å². The average molecular weight is 239 g/mol. The van der Waals surface area contributed by atoms with Crippen LogP contribution in [0.3, 0.4) is 0 Å². The van der Waals surface area contributed by atoms with Gasteiger partial charge in [0.2, 0.25) is 0 Å². The first-order valence-corrected chi connectivity index (χ1v) is 4.65. The van der Waals surface area contributed by atoms with Crippen molar-refractivity contribution in [1.82, 2.24) is 0 Å². The van der Waals surface area contributed by atoms with E-state index in [1.807, 2.05) is 18.2 Å².